The van der Waals surface area contributed by atoms with Crippen molar-refractivity contribution in [3.05, 3.63) is 29.8 Å². The average molecular weight is 298 g/mol. The third kappa shape index (κ3) is 3.38. The van der Waals surface area contributed by atoms with Crippen LogP contribution in [0.5, 0.6) is 0 Å². The van der Waals surface area contributed by atoms with E-state index in [2.05, 4.69) is 0 Å². The summed E-state index contributed by atoms with van der Waals surface area (Å²) >= 11 is 0. The fraction of sp³-hybridized carbons (Fsp3) is 0.571. The van der Waals surface area contributed by atoms with Crippen molar-refractivity contribution < 1.29 is 13.2 Å². The first-order chi connectivity index (χ1) is 9.35. The second-order valence-corrected chi connectivity index (χ2v) is 7.57. The summed E-state index contributed by atoms with van der Waals surface area (Å²) in [5, 5.41) is 0. The minimum absolute atomic E-state index is 0.330. The van der Waals surface area contributed by atoms with Crippen LogP contribution in [0.3, 0.4) is 0 Å². The van der Waals surface area contributed by atoms with Crippen LogP contribution in [0, 0.1) is 0 Å². The number of ether oxygens (including phenoxy) is 1. The van der Waals surface area contributed by atoms with Crippen molar-refractivity contribution in [3.63, 3.8) is 0 Å². The van der Waals surface area contributed by atoms with Crippen molar-refractivity contribution >= 4 is 10.0 Å². The lowest BCUT2D eigenvalue weighted by atomic mass is 10.1. The molecule has 20 heavy (non-hydrogen) atoms. The number of rotatable bonds is 4. The molecule has 2 rings (SSSR count). The number of nitrogens with zero attached hydrogens (tertiary/aromatic N) is 1. The molecule has 1 heterocycles. The van der Waals surface area contributed by atoms with Crippen molar-refractivity contribution in [1.82, 2.24) is 4.31 Å². The molecule has 0 spiro atoms. The fourth-order valence-corrected chi connectivity index (χ4v) is 3.90. The Morgan fingerprint density at radius 1 is 1.30 bits per heavy atom. The van der Waals surface area contributed by atoms with E-state index in [0.717, 1.165) is 12.0 Å². The first kappa shape index (κ1) is 15.4. The van der Waals surface area contributed by atoms with E-state index in [-0.39, 0.29) is 0 Å². The van der Waals surface area contributed by atoms with E-state index in [1.54, 1.807) is 12.1 Å². The molecule has 1 aliphatic rings. The summed E-state index contributed by atoms with van der Waals surface area (Å²) in [5.41, 5.74) is 6.10. The molecule has 0 bridgehead atoms. The Morgan fingerprint density at radius 3 is 2.50 bits per heavy atom. The largest absolute Gasteiger partial charge is 0.373 e. The van der Waals surface area contributed by atoms with Gasteiger partial charge in [-0.25, -0.2) is 8.42 Å². The molecule has 0 unspecified atom stereocenters. The van der Waals surface area contributed by atoms with Gasteiger partial charge in [-0.15, -0.1) is 0 Å². The third-order valence-electron chi connectivity index (χ3n) is 3.38. The molecule has 0 aromatic heterocycles. The molecule has 1 aromatic rings. The van der Waals surface area contributed by atoms with Gasteiger partial charge in [-0.1, -0.05) is 12.1 Å². The van der Waals surface area contributed by atoms with Gasteiger partial charge in [-0.05, 0) is 44.5 Å². The molecule has 1 aliphatic heterocycles. The summed E-state index contributed by atoms with van der Waals surface area (Å²) in [6.45, 7) is 5.56. The molecule has 1 saturated heterocycles. The van der Waals surface area contributed by atoms with Crippen molar-refractivity contribution in [1.29, 1.82) is 0 Å². The lowest BCUT2D eigenvalue weighted by Gasteiger charge is -2.37. The van der Waals surface area contributed by atoms with Gasteiger partial charge < -0.3 is 10.5 Å². The SMILES string of the molecule is CC1(C)CN(S(=O)(=O)c2ccc(CCN)cc2)CCO1. The molecule has 5 nitrogen and oxygen atoms in total. The summed E-state index contributed by atoms with van der Waals surface area (Å²) in [6.07, 6.45) is 0.755. The zero-order valence-electron chi connectivity index (χ0n) is 12.0. The lowest BCUT2D eigenvalue weighted by Crippen LogP contribution is -2.50. The number of hydrogen-bond acceptors (Lipinski definition) is 4. The monoisotopic (exact) mass is 298 g/mol. The summed E-state index contributed by atoms with van der Waals surface area (Å²) < 4.78 is 32.2. The van der Waals surface area contributed by atoms with Crippen LogP contribution in [0.1, 0.15) is 19.4 Å². The van der Waals surface area contributed by atoms with Gasteiger partial charge in [0.15, 0.2) is 0 Å². The van der Waals surface area contributed by atoms with Gasteiger partial charge in [-0.3, -0.25) is 0 Å². The molecule has 0 amide bonds. The predicted octanol–water partition coefficient (Wildman–Crippen LogP) is 0.987. The zero-order valence-corrected chi connectivity index (χ0v) is 12.8. The Hall–Kier alpha value is -0.950. The minimum Gasteiger partial charge on any atom is -0.373 e. The Labute approximate surface area is 120 Å². The van der Waals surface area contributed by atoms with E-state index < -0.39 is 15.6 Å². The Kier molecular flexibility index (Phi) is 4.49. The molecule has 0 aliphatic carbocycles. The highest BCUT2D eigenvalue weighted by Crippen LogP contribution is 2.23. The smallest absolute Gasteiger partial charge is 0.243 e. The maximum absolute atomic E-state index is 12.6. The van der Waals surface area contributed by atoms with Crippen LogP contribution >= 0.6 is 0 Å². The first-order valence-electron chi connectivity index (χ1n) is 6.78. The Morgan fingerprint density at radius 2 is 1.95 bits per heavy atom. The van der Waals surface area contributed by atoms with Crippen molar-refractivity contribution in [3.8, 4) is 0 Å². The second-order valence-electron chi connectivity index (χ2n) is 5.63. The normalized spacial score (nSPS) is 19.9. The topological polar surface area (TPSA) is 72.6 Å². The minimum atomic E-state index is -3.44. The third-order valence-corrected chi connectivity index (χ3v) is 5.24. The van der Waals surface area contributed by atoms with Gasteiger partial charge >= 0.3 is 0 Å². The lowest BCUT2D eigenvalue weighted by molar-refractivity contribution is -0.0640. The van der Waals surface area contributed by atoms with E-state index in [0.29, 0.717) is 31.1 Å². The summed E-state index contributed by atoms with van der Waals surface area (Å²) in [7, 11) is -3.44. The van der Waals surface area contributed by atoms with Gasteiger partial charge in [0, 0.05) is 13.1 Å². The van der Waals surface area contributed by atoms with Gasteiger partial charge in [0.2, 0.25) is 10.0 Å². The maximum atomic E-state index is 12.6. The molecule has 0 atom stereocenters. The quantitative estimate of drug-likeness (QED) is 0.899. The molecule has 0 radical (unpaired) electrons. The number of sulfonamides is 1. The van der Waals surface area contributed by atoms with Crippen LogP contribution in [0.4, 0.5) is 0 Å². The van der Waals surface area contributed by atoms with Crippen LogP contribution in [0.15, 0.2) is 29.2 Å². The molecular formula is C14H22N2O3S. The predicted molar refractivity (Wildman–Crippen MR) is 78.0 cm³/mol. The van der Waals surface area contributed by atoms with E-state index in [1.807, 2.05) is 26.0 Å². The highest BCUT2D eigenvalue weighted by Gasteiger charge is 2.34. The van der Waals surface area contributed by atoms with Crippen LogP contribution < -0.4 is 5.73 Å². The first-order valence-corrected chi connectivity index (χ1v) is 8.22. The van der Waals surface area contributed by atoms with Crippen LogP contribution in [0.25, 0.3) is 0 Å². The highest BCUT2D eigenvalue weighted by atomic mass is 32.2. The average Bonchev–Trinajstić information content (AvgIpc) is 2.38. The molecule has 6 heteroatoms. The summed E-state index contributed by atoms with van der Waals surface area (Å²) in [5.74, 6) is 0. The summed E-state index contributed by atoms with van der Waals surface area (Å²) in [6, 6.07) is 6.96. The number of nitrogens with two attached hydrogens (primary N) is 1. The van der Waals surface area contributed by atoms with Gasteiger partial charge in [0.1, 0.15) is 0 Å². The molecule has 2 N–H and O–H groups in total. The molecule has 0 saturated carbocycles. The van der Waals surface area contributed by atoms with Gasteiger partial charge in [0.25, 0.3) is 0 Å². The highest BCUT2D eigenvalue weighted by molar-refractivity contribution is 7.89. The molecular weight excluding hydrogens is 276 g/mol. The molecule has 112 valence electrons. The number of hydrogen-bond donors (Lipinski definition) is 1. The molecule has 1 aromatic carbocycles. The van der Waals surface area contributed by atoms with Crippen molar-refractivity contribution in [2.45, 2.75) is 30.8 Å². The van der Waals surface area contributed by atoms with Gasteiger partial charge in [-0.2, -0.15) is 4.31 Å². The van der Waals surface area contributed by atoms with Gasteiger partial charge in [0.05, 0.1) is 17.1 Å². The number of morpholine rings is 1. The Balaban J connectivity index is 2.21. The fourth-order valence-electron chi connectivity index (χ4n) is 2.32. The second kappa shape index (κ2) is 5.81. The van der Waals surface area contributed by atoms with E-state index in [9.17, 15) is 8.42 Å². The van der Waals surface area contributed by atoms with Crippen LogP contribution in [0.2, 0.25) is 0 Å². The standard InChI is InChI=1S/C14H22N2O3S/c1-14(2)11-16(9-10-19-14)20(17,18)13-5-3-12(4-6-13)7-8-15/h3-6H,7-11,15H2,1-2H3. The Bertz CT molecular complexity index is 552. The van der Waals surface area contributed by atoms with E-state index >= 15 is 0 Å². The summed E-state index contributed by atoms with van der Waals surface area (Å²) in [4.78, 5) is 0.330. The number of benzene rings is 1. The molecule has 1 fully saturated rings. The van der Waals surface area contributed by atoms with Crippen molar-refractivity contribution in [2.75, 3.05) is 26.2 Å². The van der Waals surface area contributed by atoms with Crippen LogP contribution in [-0.4, -0.2) is 44.6 Å². The zero-order chi connectivity index (χ0) is 14.8. The van der Waals surface area contributed by atoms with Crippen molar-refractivity contribution in [2.24, 2.45) is 5.73 Å². The maximum Gasteiger partial charge on any atom is 0.243 e. The van der Waals surface area contributed by atoms with Crippen LogP contribution in [-0.2, 0) is 21.2 Å². The van der Waals surface area contributed by atoms with E-state index in [1.165, 1.54) is 4.31 Å². The van der Waals surface area contributed by atoms with E-state index in [4.69, 9.17) is 10.5 Å².